The van der Waals surface area contributed by atoms with E-state index < -0.39 is 33.0 Å². The highest BCUT2D eigenvalue weighted by molar-refractivity contribution is 7.92. The van der Waals surface area contributed by atoms with E-state index in [0.29, 0.717) is 5.02 Å². The summed E-state index contributed by atoms with van der Waals surface area (Å²) < 4.78 is 39.7. The number of fused-ring (bicyclic) bond motifs is 2. The van der Waals surface area contributed by atoms with Gasteiger partial charge < -0.3 is 10.6 Å². The number of carbonyl (C=O) groups is 1. The lowest BCUT2D eigenvalue weighted by Gasteiger charge is -2.17. The molecule has 2 aliphatic heterocycles. The summed E-state index contributed by atoms with van der Waals surface area (Å²) in [6.07, 6.45) is 1.33. The second kappa shape index (κ2) is 6.08. The summed E-state index contributed by atoms with van der Waals surface area (Å²) in [6, 6.07) is 2.55. The molecule has 2 aliphatic rings. The Balaban J connectivity index is 0.00000182. The molecule has 7 nitrogen and oxygen atoms in total. The Labute approximate surface area is 154 Å². The summed E-state index contributed by atoms with van der Waals surface area (Å²) in [7, 11) is -3.32. The number of pyridine rings is 1. The number of likely N-dealkylation sites (tertiary alicyclic amines) is 1. The van der Waals surface area contributed by atoms with Crippen molar-refractivity contribution in [3.8, 4) is 0 Å². The zero-order valence-electron chi connectivity index (χ0n) is 12.8. The first-order valence-electron chi connectivity index (χ1n) is 7.37. The molecule has 4 rings (SSSR count). The average Bonchev–Trinajstić information content (AvgIpc) is 3.14. The number of nitrogens with zero attached hydrogens (tertiary/aromatic N) is 3. The van der Waals surface area contributed by atoms with Crippen LogP contribution in [0, 0.1) is 11.9 Å². The molecule has 2 N–H and O–H groups in total. The van der Waals surface area contributed by atoms with Gasteiger partial charge in [-0.3, -0.25) is 9.20 Å². The molecule has 1 amide bonds. The first kappa shape index (κ1) is 18.4. The summed E-state index contributed by atoms with van der Waals surface area (Å²) in [5.41, 5.74) is 5.79. The van der Waals surface area contributed by atoms with E-state index in [9.17, 15) is 17.6 Å². The van der Waals surface area contributed by atoms with Crippen molar-refractivity contribution in [3.05, 3.63) is 35.0 Å². The van der Waals surface area contributed by atoms with E-state index in [1.54, 1.807) is 6.07 Å². The van der Waals surface area contributed by atoms with Gasteiger partial charge in [0.15, 0.2) is 15.5 Å². The van der Waals surface area contributed by atoms with Crippen molar-refractivity contribution in [2.75, 3.05) is 18.8 Å². The summed E-state index contributed by atoms with van der Waals surface area (Å²) in [5.74, 6) is -1.83. The van der Waals surface area contributed by atoms with Gasteiger partial charge in [-0.2, -0.15) is 4.39 Å². The van der Waals surface area contributed by atoms with Gasteiger partial charge in [0.1, 0.15) is 5.65 Å². The molecule has 0 unspecified atom stereocenters. The number of rotatable bonds is 1. The Morgan fingerprint density at radius 2 is 2.08 bits per heavy atom. The van der Waals surface area contributed by atoms with Crippen LogP contribution in [0.15, 0.2) is 18.3 Å². The molecule has 136 valence electrons. The molecule has 11 heteroatoms. The van der Waals surface area contributed by atoms with Gasteiger partial charge in [-0.25, -0.2) is 13.4 Å². The van der Waals surface area contributed by atoms with Gasteiger partial charge in [-0.05, 0) is 12.1 Å². The van der Waals surface area contributed by atoms with Crippen LogP contribution >= 0.6 is 24.0 Å². The summed E-state index contributed by atoms with van der Waals surface area (Å²) in [4.78, 5) is 17.9. The summed E-state index contributed by atoms with van der Waals surface area (Å²) >= 11 is 5.83. The third-order valence-corrected chi connectivity index (χ3v) is 7.25. The fourth-order valence-electron chi connectivity index (χ4n) is 3.55. The van der Waals surface area contributed by atoms with E-state index in [1.165, 1.54) is 17.2 Å². The largest absolute Gasteiger partial charge is 0.335 e. The number of aromatic nitrogens is 2. The maximum Gasteiger partial charge on any atom is 0.277 e. The van der Waals surface area contributed by atoms with Crippen molar-refractivity contribution < 1.29 is 17.6 Å². The number of amides is 1. The number of sulfone groups is 1. The number of hydrogen-bond acceptors (Lipinski definition) is 5. The van der Waals surface area contributed by atoms with Gasteiger partial charge in [-0.15, -0.1) is 12.4 Å². The number of imidazole rings is 1. The summed E-state index contributed by atoms with van der Waals surface area (Å²) in [6.45, 7) is 0.214. The van der Waals surface area contributed by atoms with Crippen molar-refractivity contribution in [2.45, 2.75) is 11.3 Å². The average molecular weight is 409 g/mol. The Kier molecular flexibility index (Phi) is 4.47. The molecule has 0 saturated carbocycles. The number of halogens is 3. The van der Waals surface area contributed by atoms with E-state index in [1.807, 2.05) is 0 Å². The molecule has 0 spiro atoms. The number of hydrogen-bond donors (Lipinski definition) is 1. The molecule has 3 atom stereocenters. The maximum atomic E-state index is 14.5. The van der Waals surface area contributed by atoms with Crippen LogP contribution in [0.5, 0.6) is 0 Å². The Morgan fingerprint density at radius 1 is 1.36 bits per heavy atom. The lowest BCUT2D eigenvalue weighted by atomic mass is 10.0. The second-order valence-electron chi connectivity index (χ2n) is 6.23. The first-order chi connectivity index (χ1) is 11.3. The monoisotopic (exact) mass is 408 g/mol. The third kappa shape index (κ3) is 2.79. The smallest absolute Gasteiger partial charge is 0.277 e. The molecule has 4 heterocycles. The standard InChI is InChI=1S/C14H14ClFN4O3S.ClH/c15-7-1-2-11-18-12(13(16)20(11)3-7)14(21)19-4-8-9(17)6-24(22,23)10(8)5-19;/h1-3,8-10H,4-6,17H2;1H/t8-,9+,10-;/m0./s1. The first-order valence-corrected chi connectivity index (χ1v) is 9.47. The lowest BCUT2D eigenvalue weighted by Crippen LogP contribution is -2.36. The van der Waals surface area contributed by atoms with E-state index in [0.717, 1.165) is 4.40 Å². The minimum absolute atomic E-state index is 0. The molecular formula is C14H15Cl2FN4O3S. The molecule has 0 aliphatic carbocycles. The van der Waals surface area contributed by atoms with E-state index in [-0.39, 0.29) is 48.5 Å². The quantitative estimate of drug-likeness (QED) is 0.750. The molecule has 0 bridgehead atoms. The van der Waals surface area contributed by atoms with Crippen LogP contribution in [-0.2, 0) is 9.84 Å². The van der Waals surface area contributed by atoms with Crippen LogP contribution in [0.2, 0.25) is 5.02 Å². The van der Waals surface area contributed by atoms with Crippen LogP contribution < -0.4 is 5.73 Å². The van der Waals surface area contributed by atoms with Crippen molar-refractivity contribution in [2.24, 2.45) is 11.7 Å². The molecular weight excluding hydrogens is 394 g/mol. The lowest BCUT2D eigenvalue weighted by molar-refractivity contribution is 0.0775. The molecule has 2 fully saturated rings. The summed E-state index contributed by atoms with van der Waals surface area (Å²) in [5, 5.41) is -0.364. The highest BCUT2D eigenvalue weighted by Gasteiger charge is 2.52. The van der Waals surface area contributed by atoms with Crippen LogP contribution in [0.3, 0.4) is 0 Å². The molecule has 0 aromatic carbocycles. The van der Waals surface area contributed by atoms with Crippen molar-refractivity contribution in [1.29, 1.82) is 0 Å². The Bertz CT molecular complexity index is 964. The highest BCUT2D eigenvalue weighted by Crippen LogP contribution is 2.33. The van der Waals surface area contributed by atoms with Crippen LogP contribution in [0.25, 0.3) is 5.65 Å². The molecule has 2 saturated heterocycles. The fourth-order valence-corrected chi connectivity index (χ4v) is 5.97. The zero-order chi connectivity index (χ0) is 17.2. The highest BCUT2D eigenvalue weighted by atomic mass is 35.5. The van der Waals surface area contributed by atoms with E-state index in [4.69, 9.17) is 17.3 Å². The Hall–Kier alpha value is -1.42. The number of nitrogens with two attached hydrogens (primary N) is 1. The SMILES string of the molecule is Cl.N[C@@H]1CS(=O)(=O)[C@H]2CN(C(=O)c3nc4ccc(Cl)cn4c3F)C[C@@H]12. The minimum atomic E-state index is -3.32. The van der Waals surface area contributed by atoms with Crippen LogP contribution in [0.1, 0.15) is 10.5 Å². The third-order valence-electron chi connectivity index (χ3n) is 4.76. The zero-order valence-corrected chi connectivity index (χ0v) is 15.2. The molecule has 2 aromatic heterocycles. The molecule has 0 radical (unpaired) electrons. The predicted molar refractivity (Wildman–Crippen MR) is 92.4 cm³/mol. The Morgan fingerprint density at radius 3 is 2.76 bits per heavy atom. The van der Waals surface area contributed by atoms with E-state index in [2.05, 4.69) is 4.98 Å². The molecule has 25 heavy (non-hydrogen) atoms. The van der Waals surface area contributed by atoms with Gasteiger partial charge in [0.2, 0.25) is 5.95 Å². The van der Waals surface area contributed by atoms with Crippen molar-refractivity contribution >= 4 is 45.4 Å². The van der Waals surface area contributed by atoms with Gasteiger partial charge in [0, 0.05) is 31.2 Å². The maximum absolute atomic E-state index is 14.5. The van der Waals surface area contributed by atoms with Crippen molar-refractivity contribution in [1.82, 2.24) is 14.3 Å². The van der Waals surface area contributed by atoms with Crippen LogP contribution in [0.4, 0.5) is 4.39 Å². The van der Waals surface area contributed by atoms with Crippen LogP contribution in [-0.4, -0.2) is 58.7 Å². The minimum Gasteiger partial charge on any atom is -0.335 e. The topological polar surface area (TPSA) is 97.8 Å². The second-order valence-corrected chi connectivity index (χ2v) is 8.93. The van der Waals surface area contributed by atoms with E-state index >= 15 is 0 Å². The predicted octanol–water partition coefficient (Wildman–Crippen LogP) is 0.745. The van der Waals surface area contributed by atoms with Gasteiger partial charge in [0.25, 0.3) is 5.91 Å². The molecule has 2 aromatic rings. The number of carbonyl (C=O) groups excluding carboxylic acids is 1. The van der Waals surface area contributed by atoms with Gasteiger partial charge >= 0.3 is 0 Å². The van der Waals surface area contributed by atoms with Gasteiger partial charge in [0.05, 0.1) is 16.0 Å². The normalized spacial score (nSPS) is 27.3. The fraction of sp³-hybridized carbons (Fsp3) is 0.429. The van der Waals surface area contributed by atoms with Gasteiger partial charge in [-0.1, -0.05) is 11.6 Å². The van der Waals surface area contributed by atoms with Crippen molar-refractivity contribution in [3.63, 3.8) is 0 Å².